The second-order valence-electron chi connectivity index (χ2n) is 8.02. The van der Waals surface area contributed by atoms with Crippen molar-refractivity contribution in [3.8, 4) is 0 Å². The summed E-state index contributed by atoms with van der Waals surface area (Å²) in [5, 5.41) is 13.5. The highest BCUT2D eigenvalue weighted by molar-refractivity contribution is 5.83. The monoisotopic (exact) mass is 392 g/mol. The second kappa shape index (κ2) is 8.57. The van der Waals surface area contributed by atoms with Crippen LogP contribution in [0.1, 0.15) is 50.1 Å². The summed E-state index contributed by atoms with van der Waals surface area (Å²) in [6.07, 6.45) is 4.56. The molecule has 1 aromatic carbocycles. The summed E-state index contributed by atoms with van der Waals surface area (Å²) in [6.45, 7) is 0.179. The molecule has 1 aliphatic heterocycles. The number of nitrogens with one attached hydrogen (secondary N) is 1. The summed E-state index contributed by atoms with van der Waals surface area (Å²) in [5.74, 6) is -1.73. The minimum absolute atomic E-state index is 0.179. The normalized spacial score (nSPS) is 27.4. The van der Waals surface area contributed by atoms with Crippen LogP contribution in [0, 0.1) is 11.7 Å². The van der Waals surface area contributed by atoms with Crippen LogP contribution in [0.5, 0.6) is 0 Å². The van der Waals surface area contributed by atoms with Crippen LogP contribution in [0.2, 0.25) is 0 Å². The van der Waals surface area contributed by atoms with Gasteiger partial charge in [-0.15, -0.1) is 0 Å². The van der Waals surface area contributed by atoms with E-state index < -0.39 is 35.4 Å². The Morgan fingerprint density at radius 2 is 1.96 bits per heavy atom. The van der Waals surface area contributed by atoms with Gasteiger partial charge in [-0.25, -0.2) is 4.39 Å². The van der Waals surface area contributed by atoms with Crippen LogP contribution >= 0.6 is 0 Å². The maximum atomic E-state index is 14.5. The summed E-state index contributed by atoms with van der Waals surface area (Å²) in [5.41, 5.74) is -0.499. The van der Waals surface area contributed by atoms with E-state index in [4.69, 9.17) is 4.74 Å². The average Bonchev–Trinajstić information content (AvgIpc) is 3.04. The number of ether oxygens (including phenoxy) is 1. The Morgan fingerprint density at radius 1 is 1.29 bits per heavy atom. The van der Waals surface area contributed by atoms with Crippen molar-refractivity contribution in [2.24, 2.45) is 5.92 Å². The lowest BCUT2D eigenvalue weighted by molar-refractivity contribution is -0.145. The molecule has 28 heavy (non-hydrogen) atoms. The first-order valence-electron chi connectivity index (χ1n) is 9.90. The molecule has 1 aromatic rings. The predicted octanol–water partition coefficient (Wildman–Crippen LogP) is 2.17. The molecule has 1 aliphatic carbocycles. The van der Waals surface area contributed by atoms with Gasteiger partial charge in [0.2, 0.25) is 5.91 Å². The molecular weight excluding hydrogens is 363 g/mol. The molecule has 1 amide bonds. The van der Waals surface area contributed by atoms with Crippen molar-refractivity contribution in [1.82, 2.24) is 10.2 Å². The summed E-state index contributed by atoms with van der Waals surface area (Å²) in [6, 6.07) is 5.12. The number of carbonyl (C=O) groups is 2. The number of carbonyl (C=O) groups excluding carboxylic acids is 2. The number of rotatable bonds is 5. The fourth-order valence-electron chi connectivity index (χ4n) is 4.58. The molecule has 2 aliphatic rings. The molecule has 154 valence electrons. The van der Waals surface area contributed by atoms with Gasteiger partial charge in [0.05, 0.1) is 18.6 Å². The van der Waals surface area contributed by atoms with Crippen molar-refractivity contribution in [3.05, 3.63) is 35.6 Å². The third-order valence-corrected chi connectivity index (χ3v) is 6.20. The minimum atomic E-state index is -0.881. The van der Waals surface area contributed by atoms with E-state index in [1.807, 2.05) is 0 Å². The lowest BCUT2D eigenvalue weighted by atomic mass is 9.84. The van der Waals surface area contributed by atoms with E-state index in [0.717, 1.165) is 19.3 Å². The van der Waals surface area contributed by atoms with Gasteiger partial charge in [0.1, 0.15) is 11.9 Å². The summed E-state index contributed by atoms with van der Waals surface area (Å²) in [7, 11) is 3.01. The average molecular weight is 392 g/mol. The molecule has 0 aromatic heterocycles. The lowest BCUT2D eigenvalue weighted by Crippen LogP contribution is -2.46. The third-order valence-electron chi connectivity index (χ3n) is 6.20. The van der Waals surface area contributed by atoms with Gasteiger partial charge in [0.25, 0.3) is 0 Å². The maximum absolute atomic E-state index is 14.5. The number of methoxy groups -OCH3 is 1. The van der Waals surface area contributed by atoms with E-state index in [0.29, 0.717) is 18.4 Å². The SMILES string of the molecule is COC(=O)[C@H]1C[C@@H](C(=O)NCC2(O)CCCCC2)[C@@H](c2ccccc2F)N1C. The molecule has 0 radical (unpaired) electrons. The first-order valence-corrected chi connectivity index (χ1v) is 9.90. The quantitative estimate of drug-likeness (QED) is 0.751. The van der Waals surface area contributed by atoms with E-state index in [9.17, 15) is 19.1 Å². The van der Waals surface area contributed by atoms with E-state index in [1.165, 1.54) is 13.2 Å². The molecule has 3 rings (SSSR count). The Balaban J connectivity index is 1.80. The standard InChI is InChI=1S/C21H29FN2O4/c1-24-17(20(26)28-2)12-15(18(24)14-8-4-5-9-16(14)22)19(25)23-13-21(27)10-6-3-7-11-21/h4-5,8-9,15,17-18,27H,3,6-7,10-13H2,1-2H3,(H,23,25)/t15-,17-,18-/m1/s1. The number of aliphatic hydroxyl groups is 1. The van der Waals surface area contributed by atoms with Crippen molar-refractivity contribution in [2.75, 3.05) is 20.7 Å². The number of likely N-dealkylation sites (tertiary alicyclic amines) is 1. The van der Waals surface area contributed by atoms with Crippen LogP contribution < -0.4 is 5.32 Å². The Morgan fingerprint density at radius 3 is 2.61 bits per heavy atom. The molecule has 1 heterocycles. The fraction of sp³-hybridized carbons (Fsp3) is 0.619. The fourth-order valence-corrected chi connectivity index (χ4v) is 4.58. The Bertz CT molecular complexity index is 720. The molecule has 7 heteroatoms. The summed E-state index contributed by atoms with van der Waals surface area (Å²) in [4.78, 5) is 26.9. The zero-order chi connectivity index (χ0) is 20.3. The summed E-state index contributed by atoms with van der Waals surface area (Å²) >= 11 is 0. The first-order chi connectivity index (χ1) is 13.4. The zero-order valence-electron chi connectivity index (χ0n) is 16.5. The second-order valence-corrected chi connectivity index (χ2v) is 8.02. The van der Waals surface area contributed by atoms with Crippen LogP contribution in [-0.4, -0.2) is 54.2 Å². The Labute approximate surface area is 165 Å². The lowest BCUT2D eigenvalue weighted by Gasteiger charge is -2.33. The van der Waals surface area contributed by atoms with Crippen LogP contribution in [0.4, 0.5) is 4.39 Å². The molecule has 2 fully saturated rings. The third kappa shape index (κ3) is 4.20. The highest BCUT2D eigenvalue weighted by Gasteiger charge is 2.48. The number of halogens is 1. The largest absolute Gasteiger partial charge is 0.468 e. The minimum Gasteiger partial charge on any atom is -0.468 e. The molecule has 1 saturated carbocycles. The van der Waals surface area contributed by atoms with E-state index in [2.05, 4.69) is 5.32 Å². The maximum Gasteiger partial charge on any atom is 0.323 e. The molecule has 1 saturated heterocycles. The molecular formula is C21H29FN2O4. The van der Waals surface area contributed by atoms with Gasteiger partial charge in [-0.2, -0.15) is 0 Å². The van der Waals surface area contributed by atoms with Crippen molar-refractivity contribution < 1.29 is 23.8 Å². The van der Waals surface area contributed by atoms with Gasteiger partial charge in [-0.3, -0.25) is 14.5 Å². The van der Waals surface area contributed by atoms with Crippen LogP contribution in [-0.2, 0) is 14.3 Å². The number of esters is 1. The highest BCUT2D eigenvalue weighted by Crippen LogP contribution is 2.41. The molecule has 2 N–H and O–H groups in total. The number of likely N-dealkylation sites (N-methyl/N-ethyl adjacent to an activating group) is 1. The number of benzene rings is 1. The Kier molecular flexibility index (Phi) is 6.35. The first kappa shape index (κ1) is 20.7. The molecule has 3 atom stereocenters. The van der Waals surface area contributed by atoms with Crippen molar-refractivity contribution in [1.29, 1.82) is 0 Å². The molecule has 6 nitrogen and oxygen atoms in total. The number of amides is 1. The van der Waals surface area contributed by atoms with E-state index in [-0.39, 0.29) is 18.9 Å². The van der Waals surface area contributed by atoms with Crippen LogP contribution in [0.3, 0.4) is 0 Å². The number of hydrogen-bond donors (Lipinski definition) is 2. The van der Waals surface area contributed by atoms with Crippen LogP contribution in [0.25, 0.3) is 0 Å². The number of nitrogens with zero attached hydrogens (tertiary/aromatic N) is 1. The molecule has 0 spiro atoms. The van der Waals surface area contributed by atoms with E-state index in [1.54, 1.807) is 30.1 Å². The van der Waals surface area contributed by atoms with Crippen molar-refractivity contribution >= 4 is 11.9 Å². The Hall–Kier alpha value is -1.99. The van der Waals surface area contributed by atoms with Gasteiger partial charge in [-0.05, 0) is 32.4 Å². The molecule has 0 unspecified atom stereocenters. The van der Waals surface area contributed by atoms with Gasteiger partial charge >= 0.3 is 5.97 Å². The van der Waals surface area contributed by atoms with Crippen molar-refractivity contribution in [3.63, 3.8) is 0 Å². The zero-order valence-corrected chi connectivity index (χ0v) is 16.5. The smallest absolute Gasteiger partial charge is 0.323 e. The van der Waals surface area contributed by atoms with Crippen molar-refractivity contribution in [2.45, 2.75) is 56.2 Å². The van der Waals surface area contributed by atoms with Gasteiger partial charge in [-0.1, -0.05) is 37.5 Å². The predicted molar refractivity (Wildman–Crippen MR) is 102 cm³/mol. The van der Waals surface area contributed by atoms with Gasteiger partial charge in [0, 0.05) is 18.2 Å². The van der Waals surface area contributed by atoms with Gasteiger partial charge < -0.3 is 15.2 Å². The summed E-state index contributed by atoms with van der Waals surface area (Å²) < 4.78 is 19.4. The molecule has 0 bridgehead atoms. The van der Waals surface area contributed by atoms with Crippen LogP contribution in [0.15, 0.2) is 24.3 Å². The number of hydrogen-bond acceptors (Lipinski definition) is 5. The van der Waals surface area contributed by atoms with E-state index >= 15 is 0 Å². The topological polar surface area (TPSA) is 78.9 Å². The van der Waals surface area contributed by atoms with Gasteiger partial charge in [0.15, 0.2) is 0 Å². The highest BCUT2D eigenvalue weighted by atomic mass is 19.1.